The van der Waals surface area contributed by atoms with Crippen molar-refractivity contribution in [3.05, 3.63) is 0 Å². The number of hydrogen-bond acceptors (Lipinski definition) is 4. The summed E-state index contributed by atoms with van der Waals surface area (Å²) in [5, 5.41) is 0. The van der Waals surface area contributed by atoms with Crippen LogP contribution in [0.5, 0.6) is 0 Å². The Bertz CT molecular complexity index is 485. The number of amides is 4. The summed E-state index contributed by atoms with van der Waals surface area (Å²) < 4.78 is 0. The Morgan fingerprint density at radius 3 is 0.682 bits per heavy atom. The van der Waals surface area contributed by atoms with E-state index in [-0.39, 0.29) is 38.5 Å². The molecule has 22 heavy (non-hydrogen) atoms. The van der Waals surface area contributed by atoms with Crippen LogP contribution in [0, 0.1) is 21.7 Å². The van der Waals surface area contributed by atoms with Crippen molar-refractivity contribution in [3.63, 3.8) is 0 Å². The molecule has 120 valence electrons. The van der Waals surface area contributed by atoms with E-state index >= 15 is 0 Å². The van der Waals surface area contributed by atoms with Crippen molar-refractivity contribution < 1.29 is 19.2 Å². The molecule has 4 rings (SSSR count). The van der Waals surface area contributed by atoms with Crippen molar-refractivity contribution in [2.75, 3.05) is 0 Å². The number of carbonyl (C=O) groups excluding carboxylic acids is 4. The molecule has 0 spiro atoms. The fraction of sp³-hybridized carbons (Fsp3) is 0.714. The lowest BCUT2D eigenvalue weighted by molar-refractivity contribution is -0.203. The number of primary amides is 4. The van der Waals surface area contributed by atoms with E-state index in [0.29, 0.717) is 0 Å². The second-order valence-electron chi connectivity index (χ2n) is 7.64. The van der Waals surface area contributed by atoms with Crippen LogP contribution >= 0.6 is 0 Å². The van der Waals surface area contributed by atoms with Crippen LogP contribution in [0.1, 0.15) is 38.5 Å². The minimum atomic E-state index is -1.13. The molecule has 8 N–H and O–H groups in total. The SMILES string of the molecule is NC(=O)C12CC3(C(N)=O)CC(C(N)=O)(C1)CC(C(N)=O)(C2)C3. The Kier molecular flexibility index (Phi) is 2.55. The predicted octanol–water partition coefficient (Wildman–Crippen LogP) is -1.75. The Balaban J connectivity index is 2.26. The highest BCUT2D eigenvalue weighted by atomic mass is 16.2. The second-order valence-corrected chi connectivity index (χ2v) is 7.64. The molecule has 0 aromatic carbocycles. The third kappa shape index (κ3) is 1.52. The number of nitrogens with two attached hydrogens (primary N) is 4. The topological polar surface area (TPSA) is 172 Å². The van der Waals surface area contributed by atoms with Crippen LogP contribution in [0.3, 0.4) is 0 Å². The average Bonchev–Trinajstić information content (AvgIpc) is 2.36. The fourth-order valence-electron chi connectivity index (χ4n) is 5.68. The second kappa shape index (κ2) is 3.80. The van der Waals surface area contributed by atoms with Crippen LogP contribution in [0.4, 0.5) is 0 Å². The summed E-state index contributed by atoms with van der Waals surface area (Å²) in [5.41, 5.74) is 17.8. The van der Waals surface area contributed by atoms with E-state index in [4.69, 9.17) is 22.9 Å². The van der Waals surface area contributed by atoms with E-state index < -0.39 is 45.3 Å². The third-order valence-electron chi connectivity index (χ3n) is 6.15. The van der Waals surface area contributed by atoms with Crippen LogP contribution < -0.4 is 22.9 Å². The van der Waals surface area contributed by atoms with Gasteiger partial charge in [-0.05, 0) is 38.5 Å². The van der Waals surface area contributed by atoms with Crippen molar-refractivity contribution in [1.29, 1.82) is 0 Å². The first-order chi connectivity index (χ1) is 10.0. The highest BCUT2D eigenvalue weighted by molar-refractivity contribution is 5.95. The van der Waals surface area contributed by atoms with Gasteiger partial charge in [-0.15, -0.1) is 0 Å². The molecular weight excluding hydrogens is 288 g/mol. The molecule has 4 aliphatic carbocycles. The van der Waals surface area contributed by atoms with Gasteiger partial charge in [0.2, 0.25) is 23.6 Å². The van der Waals surface area contributed by atoms with Gasteiger partial charge in [-0.1, -0.05) is 0 Å². The Labute approximate surface area is 126 Å². The molecule has 4 amide bonds. The Hall–Kier alpha value is -2.12. The molecule has 0 heterocycles. The zero-order valence-corrected chi connectivity index (χ0v) is 12.2. The molecular formula is C14H20N4O4. The molecule has 0 saturated heterocycles. The first-order valence-corrected chi connectivity index (χ1v) is 7.21. The van der Waals surface area contributed by atoms with Gasteiger partial charge in [0, 0.05) is 0 Å². The Morgan fingerprint density at radius 1 is 0.455 bits per heavy atom. The lowest BCUT2D eigenvalue weighted by Crippen LogP contribution is -2.71. The predicted molar refractivity (Wildman–Crippen MR) is 74.2 cm³/mol. The van der Waals surface area contributed by atoms with Crippen molar-refractivity contribution in [2.45, 2.75) is 38.5 Å². The van der Waals surface area contributed by atoms with Crippen molar-refractivity contribution in [3.8, 4) is 0 Å². The van der Waals surface area contributed by atoms with Gasteiger partial charge in [-0.25, -0.2) is 0 Å². The zero-order valence-electron chi connectivity index (χ0n) is 12.2. The van der Waals surface area contributed by atoms with Crippen LogP contribution in [-0.4, -0.2) is 23.6 Å². The van der Waals surface area contributed by atoms with Gasteiger partial charge in [-0.3, -0.25) is 19.2 Å². The van der Waals surface area contributed by atoms with E-state index in [1.54, 1.807) is 0 Å². The summed E-state index contributed by atoms with van der Waals surface area (Å²) >= 11 is 0. The minimum absolute atomic E-state index is 0.161. The van der Waals surface area contributed by atoms with Crippen molar-refractivity contribution in [2.24, 2.45) is 44.6 Å². The summed E-state index contributed by atoms with van der Waals surface area (Å²) in [6.07, 6.45) is 0.969. The van der Waals surface area contributed by atoms with Gasteiger partial charge >= 0.3 is 0 Å². The van der Waals surface area contributed by atoms with E-state index in [0.717, 1.165) is 0 Å². The van der Waals surface area contributed by atoms with Crippen LogP contribution in [0.25, 0.3) is 0 Å². The molecule has 4 aliphatic rings. The van der Waals surface area contributed by atoms with Gasteiger partial charge in [0.25, 0.3) is 0 Å². The zero-order chi connectivity index (χ0) is 16.6. The normalized spacial score (nSPS) is 45.5. The minimum Gasteiger partial charge on any atom is -0.369 e. The molecule has 0 unspecified atom stereocenters. The summed E-state index contributed by atoms with van der Waals surface area (Å²) in [6.45, 7) is 0. The van der Waals surface area contributed by atoms with Crippen LogP contribution in [-0.2, 0) is 19.2 Å². The molecule has 4 fully saturated rings. The summed E-state index contributed by atoms with van der Waals surface area (Å²) in [6, 6.07) is 0. The van der Waals surface area contributed by atoms with Crippen LogP contribution in [0.15, 0.2) is 0 Å². The quantitative estimate of drug-likeness (QED) is 0.482. The van der Waals surface area contributed by atoms with E-state index in [1.165, 1.54) is 0 Å². The third-order valence-corrected chi connectivity index (χ3v) is 6.15. The number of carbonyl (C=O) groups is 4. The van der Waals surface area contributed by atoms with Gasteiger partial charge in [0.1, 0.15) is 0 Å². The number of hydrogen-bond donors (Lipinski definition) is 4. The summed E-state index contributed by atoms with van der Waals surface area (Å²) in [7, 11) is 0. The standard InChI is InChI=1S/C14H20N4O4/c15-7(19)11-1-12(8(16)20)4-13(2-11,9(17)21)6-14(3-11,5-12)10(18)22/h1-6H2,(H2,15,19)(H2,16,20)(H2,17,21)(H2,18,22). The molecule has 0 aromatic heterocycles. The molecule has 4 saturated carbocycles. The molecule has 0 atom stereocenters. The van der Waals surface area contributed by atoms with E-state index in [1.807, 2.05) is 0 Å². The average molecular weight is 308 g/mol. The first-order valence-electron chi connectivity index (χ1n) is 7.21. The van der Waals surface area contributed by atoms with Crippen LogP contribution in [0.2, 0.25) is 0 Å². The molecule has 0 aromatic rings. The molecule has 4 bridgehead atoms. The fourth-order valence-corrected chi connectivity index (χ4v) is 5.68. The van der Waals surface area contributed by atoms with Gasteiger partial charge in [0.05, 0.1) is 21.7 Å². The van der Waals surface area contributed by atoms with E-state index in [9.17, 15) is 19.2 Å². The lowest BCUT2D eigenvalue weighted by Gasteiger charge is -2.66. The smallest absolute Gasteiger partial charge is 0.223 e. The molecule has 8 nitrogen and oxygen atoms in total. The van der Waals surface area contributed by atoms with Gasteiger partial charge in [0.15, 0.2) is 0 Å². The maximum absolute atomic E-state index is 12.1. The number of rotatable bonds is 4. The summed E-state index contributed by atoms with van der Waals surface area (Å²) in [5.74, 6) is -2.52. The maximum Gasteiger partial charge on any atom is 0.223 e. The maximum atomic E-state index is 12.1. The van der Waals surface area contributed by atoms with Gasteiger partial charge in [-0.2, -0.15) is 0 Å². The summed E-state index contributed by atoms with van der Waals surface area (Å²) in [4.78, 5) is 48.5. The molecule has 0 aliphatic heterocycles. The van der Waals surface area contributed by atoms with Gasteiger partial charge < -0.3 is 22.9 Å². The molecule has 8 heteroatoms. The lowest BCUT2D eigenvalue weighted by atomic mass is 9.34. The molecule has 0 radical (unpaired) electrons. The largest absolute Gasteiger partial charge is 0.369 e. The van der Waals surface area contributed by atoms with Crippen molar-refractivity contribution in [1.82, 2.24) is 0 Å². The van der Waals surface area contributed by atoms with Crippen molar-refractivity contribution >= 4 is 23.6 Å². The highest BCUT2D eigenvalue weighted by Gasteiger charge is 2.74. The first kappa shape index (κ1) is 14.8. The Morgan fingerprint density at radius 2 is 0.591 bits per heavy atom. The van der Waals surface area contributed by atoms with E-state index in [2.05, 4.69) is 0 Å². The highest BCUT2D eigenvalue weighted by Crippen LogP contribution is 2.73. The monoisotopic (exact) mass is 308 g/mol.